The van der Waals surface area contributed by atoms with E-state index < -0.39 is 0 Å². The minimum atomic E-state index is -0.239. The second-order valence-electron chi connectivity index (χ2n) is 3.66. The number of hydrogen-bond donors (Lipinski definition) is 2. The lowest BCUT2D eigenvalue weighted by molar-refractivity contribution is 0.102. The summed E-state index contributed by atoms with van der Waals surface area (Å²) in [4.78, 5) is 11.9. The third-order valence-corrected chi connectivity index (χ3v) is 2.40. The van der Waals surface area contributed by atoms with Crippen LogP contribution in [0, 0.1) is 6.92 Å². The number of rotatable bonds is 3. The van der Waals surface area contributed by atoms with Crippen molar-refractivity contribution in [3.05, 3.63) is 53.5 Å². The number of aryl methyl sites for hydroxylation is 1. The molecule has 0 aliphatic heterocycles. The Labute approximate surface area is 98.9 Å². The van der Waals surface area contributed by atoms with Crippen LogP contribution in [-0.4, -0.2) is 11.0 Å². The number of furan rings is 1. The van der Waals surface area contributed by atoms with Crippen LogP contribution in [0.3, 0.4) is 0 Å². The van der Waals surface area contributed by atoms with E-state index in [0.29, 0.717) is 17.1 Å². The predicted molar refractivity (Wildman–Crippen MR) is 63.8 cm³/mol. The molecule has 88 valence electrons. The number of carbonyl (C=O) groups excluding carboxylic acids is 1. The molecule has 0 radical (unpaired) electrons. The van der Waals surface area contributed by atoms with Gasteiger partial charge in [-0.3, -0.25) is 4.79 Å². The van der Waals surface area contributed by atoms with E-state index in [1.54, 1.807) is 25.1 Å². The molecule has 17 heavy (non-hydrogen) atoms. The van der Waals surface area contributed by atoms with Crippen molar-refractivity contribution >= 4 is 11.6 Å². The number of amides is 1. The Kier molecular flexibility index (Phi) is 3.25. The fourth-order valence-electron chi connectivity index (χ4n) is 1.57. The lowest BCUT2D eigenvalue weighted by Crippen LogP contribution is -2.11. The average Bonchev–Trinajstić information content (AvgIpc) is 2.72. The molecule has 1 aromatic heterocycles. The summed E-state index contributed by atoms with van der Waals surface area (Å²) < 4.78 is 5.21. The SMILES string of the molecule is Cc1oc(CO)cc1C(=O)Nc1ccccc1. The predicted octanol–water partition coefficient (Wildman–Crippen LogP) is 2.33. The third-order valence-electron chi connectivity index (χ3n) is 2.40. The van der Waals surface area contributed by atoms with Gasteiger partial charge in [-0.2, -0.15) is 0 Å². The first-order valence-electron chi connectivity index (χ1n) is 5.27. The lowest BCUT2D eigenvalue weighted by Gasteiger charge is -2.03. The smallest absolute Gasteiger partial charge is 0.259 e. The van der Waals surface area contributed by atoms with Gasteiger partial charge in [-0.05, 0) is 25.1 Å². The number of anilines is 1. The molecule has 0 unspecified atom stereocenters. The molecular weight excluding hydrogens is 218 g/mol. The summed E-state index contributed by atoms with van der Waals surface area (Å²) in [6, 6.07) is 10.7. The van der Waals surface area contributed by atoms with E-state index in [2.05, 4.69) is 5.32 Å². The molecule has 2 aromatic rings. The van der Waals surface area contributed by atoms with Gasteiger partial charge in [0.05, 0.1) is 5.56 Å². The highest BCUT2D eigenvalue weighted by Gasteiger charge is 2.14. The number of para-hydroxylation sites is 1. The number of carbonyl (C=O) groups is 1. The topological polar surface area (TPSA) is 62.5 Å². The fourth-order valence-corrected chi connectivity index (χ4v) is 1.57. The van der Waals surface area contributed by atoms with Gasteiger partial charge in [0.25, 0.3) is 5.91 Å². The molecule has 0 atom stereocenters. The Morgan fingerprint density at radius 2 is 2.06 bits per heavy atom. The minimum absolute atomic E-state index is 0.209. The summed E-state index contributed by atoms with van der Waals surface area (Å²) in [5.41, 5.74) is 1.17. The maximum Gasteiger partial charge on any atom is 0.259 e. The summed E-state index contributed by atoms with van der Waals surface area (Å²) in [7, 11) is 0. The Morgan fingerprint density at radius 1 is 1.35 bits per heavy atom. The molecule has 0 aliphatic carbocycles. The van der Waals surface area contributed by atoms with Gasteiger partial charge < -0.3 is 14.8 Å². The van der Waals surface area contributed by atoms with E-state index in [1.807, 2.05) is 18.2 Å². The zero-order valence-electron chi connectivity index (χ0n) is 9.43. The van der Waals surface area contributed by atoms with E-state index in [4.69, 9.17) is 9.52 Å². The molecular formula is C13H13NO3. The van der Waals surface area contributed by atoms with Crippen molar-refractivity contribution in [2.45, 2.75) is 13.5 Å². The van der Waals surface area contributed by atoms with Crippen LogP contribution < -0.4 is 5.32 Å². The summed E-state index contributed by atoms with van der Waals surface area (Å²) in [5.74, 6) is 0.653. The Hall–Kier alpha value is -2.07. The molecule has 2 N–H and O–H groups in total. The van der Waals surface area contributed by atoms with Gasteiger partial charge in [0.1, 0.15) is 18.1 Å². The van der Waals surface area contributed by atoms with Crippen LogP contribution in [0.1, 0.15) is 21.9 Å². The van der Waals surface area contributed by atoms with Gasteiger partial charge >= 0.3 is 0 Å². The molecule has 1 aromatic carbocycles. The molecule has 0 aliphatic rings. The van der Waals surface area contributed by atoms with Gasteiger partial charge in [-0.15, -0.1) is 0 Å². The van der Waals surface area contributed by atoms with Gasteiger partial charge in [0.15, 0.2) is 0 Å². The first-order chi connectivity index (χ1) is 8.20. The Bertz CT molecular complexity index is 517. The zero-order valence-corrected chi connectivity index (χ0v) is 9.43. The highest BCUT2D eigenvalue weighted by Crippen LogP contribution is 2.16. The number of nitrogens with one attached hydrogen (secondary N) is 1. The van der Waals surface area contributed by atoms with Crippen molar-refractivity contribution in [1.82, 2.24) is 0 Å². The van der Waals surface area contributed by atoms with Crippen molar-refractivity contribution in [2.24, 2.45) is 0 Å². The van der Waals surface area contributed by atoms with Crippen molar-refractivity contribution in [3.8, 4) is 0 Å². The highest BCUT2D eigenvalue weighted by atomic mass is 16.4. The first-order valence-corrected chi connectivity index (χ1v) is 5.27. The monoisotopic (exact) mass is 231 g/mol. The van der Waals surface area contributed by atoms with Crippen LogP contribution in [-0.2, 0) is 6.61 Å². The fraction of sp³-hybridized carbons (Fsp3) is 0.154. The highest BCUT2D eigenvalue weighted by molar-refractivity contribution is 6.05. The number of aliphatic hydroxyl groups excluding tert-OH is 1. The molecule has 1 amide bonds. The molecule has 0 spiro atoms. The van der Waals surface area contributed by atoms with E-state index in [0.717, 1.165) is 5.69 Å². The quantitative estimate of drug-likeness (QED) is 0.852. The molecule has 0 bridgehead atoms. The van der Waals surface area contributed by atoms with E-state index >= 15 is 0 Å². The van der Waals surface area contributed by atoms with Crippen LogP contribution in [0.5, 0.6) is 0 Å². The summed E-state index contributed by atoms with van der Waals surface area (Å²) in [6.45, 7) is 1.48. The number of aliphatic hydroxyl groups is 1. The Morgan fingerprint density at radius 3 is 2.65 bits per heavy atom. The molecule has 2 rings (SSSR count). The van der Waals surface area contributed by atoms with Crippen LogP contribution in [0.2, 0.25) is 0 Å². The van der Waals surface area contributed by atoms with Crippen LogP contribution in [0.15, 0.2) is 40.8 Å². The lowest BCUT2D eigenvalue weighted by atomic mass is 10.2. The average molecular weight is 231 g/mol. The van der Waals surface area contributed by atoms with Crippen molar-refractivity contribution < 1.29 is 14.3 Å². The van der Waals surface area contributed by atoms with Gasteiger partial charge in [-0.25, -0.2) is 0 Å². The van der Waals surface area contributed by atoms with Crippen molar-refractivity contribution in [2.75, 3.05) is 5.32 Å². The van der Waals surface area contributed by atoms with Crippen molar-refractivity contribution in [1.29, 1.82) is 0 Å². The standard InChI is InChI=1S/C13H13NO3/c1-9-12(7-11(8-15)17-9)13(16)14-10-5-3-2-4-6-10/h2-7,15H,8H2,1H3,(H,14,16). The maximum atomic E-state index is 11.9. The van der Waals surface area contributed by atoms with Gasteiger partial charge in [0.2, 0.25) is 0 Å². The third kappa shape index (κ3) is 2.54. The first kappa shape index (κ1) is 11.4. The summed E-state index contributed by atoms with van der Waals surface area (Å²) in [6.07, 6.45) is 0. The van der Waals surface area contributed by atoms with Crippen LogP contribution >= 0.6 is 0 Å². The number of hydrogen-bond acceptors (Lipinski definition) is 3. The molecule has 0 saturated heterocycles. The van der Waals surface area contributed by atoms with E-state index in [-0.39, 0.29) is 12.5 Å². The molecule has 4 heteroatoms. The largest absolute Gasteiger partial charge is 0.463 e. The zero-order chi connectivity index (χ0) is 12.3. The van der Waals surface area contributed by atoms with Crippen molar-refractivity contribution in [3.63, 3.8) is 0 Å². The Balaban J connectivity index is 2.17. The summed E-state index contributed by atoms with van der Waals surface area (Å²) in [5, 5.41) is 11.7. The minimum Gasteiger partial charge on any atom is -0.463 e. The van der Waals surface area contributed by atoms with Crippen LogP contribution in [0.4, 0.5) is 5.69 Å². The number of benzene rings is 1. The second kappa shape index (κ2) is 4.84. The normalized spacial score (nSPS) is 10.2. The summed E-state index contributed by atoms with van der Waals surface area (Å²) >= 11 is 0. The van der Waals surface area contributed by atoms with Gasteiger partial charge in [0, 0.05) is 5.69 Å². The maximum absolute atomic E-state index is 11.9. The molecule has 0 saturated carbocycles. The van der Waals surface area contributed by atoms with Crippen LogP contribution in [0.25, 0.3) is 0 Å². The van der Waals surface area contributed by atoms with E-state index in [1.165, 1.54) is 0 Å². The second-order valence-corrected chi connectivity index (χ2v) is 3.66. The van der Waals surface area contributed by atoms with Gasteiger partial charge in [-0.1, -0.05) is 18.2 Å². The van der Waals surface area contributed by atoms with E-state index in [9.17, 15) is 4.79 Å². The molecule has 0 fully saturated rings. The molecule has 1 heterocycles. The molecule has 4 nitrogen and oxygen atoms in total.